The fraction of sp³-hybridized carbons (Fsp3) is 0.300. The first-order chi connectivity index (χ1) is 14.1. The van der Waals surface area contributed by atoms with E-state index >= 15 is 0 Å². The number of thiophene rings is 1. The standard InChI is InChI=1S/C20H21N5O2S2/c1-13(18(26)22-19(27)21-14-6-3-2-4-7-14)29-20-24-23-17(25(20)15-9-10-15)12-16-8-5-11-28-16/h2-8,11,13,15H,9-10,12H2,1H3,(H2,21,22,26,27). The van der Waals surface area contributed by atoms with Crippen molar-refractivity contribution in [1.82, 2.24) is 20.1 Å². The summed E-state index contributed by atoms with van der Waals surface area (Å²) < 4.78 is 2.15. The summed E-state index contributed by atoms with van der Waals surface area (Å²) in [5.74, 6) is 0.556. The van der Waals surface area contributed by atoms with Gasteiger partial charge in [-0.05, 0) is 43.3 Å². The number of thioether (sulfide) groups is 1. The monoisotopic (exact) mass is 427 g/mol. The second kappa shape index (κ2) is 8.79. The van der Waals surface area contributed by atoms with Gasteiger partial charge in [0.25, 0.3) is 0 Å². The molecule has 1 unspecified atom stereocenters. The van der Waals surface area contributed by atoms with Gasteiger partial charge in [0, 0.05) is 23.0 Å². The number of hydrogen-bond donors (Lipinski definition) is 2. The highest BCUT2D eigenvalue weighted by Crippen LogP contribution is 2.40. The molecule has 1 aliphatic rings. The zero-order valence-electron chi connectivity index (χ0n) is 15.9. The number of rotatable bonds is 7. The van der Waals surface area contributed by atoms with Gasteiger partial charge < -0.3 is 9.88 Å². The van der Waals surface area contributed by atoms with E-state index in [0.29, 0.717) is 11.7 Å². The third-order valence-corrected chi connectivity index (χ3v) is 6.41. The Labute approximate surface area is 176 Å². The summed E-state index contributed by atoms with van der Waals surface area (Å²) in [6.45, 7) is 1.76. The van der Waals surface area contributed by atoms with Crippen LogP contribution in [0.1, 0.15) is 36.5 Å². The molecule has 1 aliphatic carbocycles. The van der Waals surface area contributed by atoms with Gasteiger partial charge in [0.15, 0.2) is 5.16 Å². The molecule has 7 nitrogen and oxygen atoms in total. The van der Waals surface area contributed by atoms with Crippen molar-refractivity contribution in [2.24, 2.45) is 0 Å². The number of hydrogen-bond acceptors (Lipinski definition) is 6. The summed E-state index contributed by atoms with van der Waals surface area (Å²) in [5.41, 5.74) is 0.629. The molecule has 0 radical (unpaired) electrons. The normalized spacial score (nSPS) is 14.4. The van der Waals surface area contributed by atoms with Crippen LogP contribution in [0.15, 0.2) is 53.0 Å². The van der Waals surface area contributed by atoms with Gasteiger partial charge >= 0.3 is 6.03 Å². The van der Waals surface area contributed by atoms with Crippen LogP contribution in [0.4, 0.5) is 10.5 Å². The molecule has 4 rings (SSSR count). The first kappa shape index (κ1) is 19.7. The van der Waals surface area contributed by atoms with Crippen LogP contribution >= 0.6 is 23.1 Å². The van der Waals surface area contributed by atoms with Gasteiger partial charge in [-0.15, -0.1) is 21.5 Å². The molecule has 0 aliphatic heterocycles. The number of para-hydroxylation sites is 1. The van der Waals surface area contributed by atoms with Crippen molar-refractivity contribution in [2.75, 3.05) is 5.32 Å². The molecule has 3 aromatic rings. The maximum Gasteiger partial charge on any atom is 0.325 e. The molecule has 0 bridgehead atoms. The maximum absolute atomic E-state index is 12.5. The lowest BCUT2D eigenvalue weighted by molar-refractivity contribution is -0.119. The first-order valence-electron chi connectivity index (χ1n) is 9.40. The van der Waals surface area contributed by atoms with Gasteiger partial charge in [0.1, 0.15) is 5.82 Å². The van der Waals surface area contributed by atoms with Gasteiger partial charge in [0.2, 0.25) is 5.91 Å². The Balaban J connectivity index is 1.38. The summed E-state index contributed by atoms with van der Waals surface area (Å²) in [4.78, 5) is 25.8. The highest BCUT2D eigenvalue weighted by Gasteiger charge is 2.31. The fourth-order valence-corrected chi connectivity index (χ4v) is 4.53. The van der Waals surface area contributed by atoms with Crippen molar-refractivity contribution < 1.29 is 9.59 Å². The number of imide groups is 1. The number of anilines is 1. The number of carbonyl (C=O) groups is 2. The molecule has 1 atom stereocenters. The Bertz CT molecular complexity index is 984. The first-order valence-corrected chi connectivity index (χ1v) is 11.2. The highest BCUT2D eigenvalue weighted by molar-refractivity contribution is 8.00. The Morgan fingerprint density at radius 2 is 2.00 bits per heavy atom. The zero-order valence-corrected chi connectivity index (χ0v) is 17.5. The van der Waals surface area contributed by atoms with Crippen LogP contribution < -0.4 is 10.6 Å². The van der Waals surface area contributed by atoms with E-state index in [2.05, 4.69) is 36.8 Å². The highest BCUT2D eigenvalue weighted by atomic mass is 32.2. The second-order valence-electron chi connectivity index (χ2n) is 6.83. The van der Waals surface area contributed by atoms with Gasteiger partial charge in [-0.1, -0.05) is 36.0 Å². The second-order valence-corrected chi connectivity index (χ2v) is 9.17. The molecular formula is C20H21N5O2S2. The number of urea groups is 1. The van der Waals surface area contributed by atoms with Gasteiger partial charge in [-0.3, -0.25) is 10.1 Å². The molecule has 0 saturated heterocycles. The van der Waals surface area contributed by atoms with Gasteiger partial charge in [0.05, 0.1) is 5.25 Å². The van der Waals surface area contributed by atoms with E-state index in [9.17, 15) is 9.59 Å². The molecule has 2 aromatic heterocycles. The van der Waals surface area contributed by atoms with Crippen LogP contribution in [0.2, 0.25) is 0 Å². The SMILES string of the molecule is CC(Sc1nnc(Cc2cccs2)n1C1CC1)C(=O)NC(=O)Nc1ccccc1. The molecule has 1 fully saturated rings. The lowest BCUT2D eigenvalue weighted by atomic mass is 10.3. The topological polar surface area (TPSA) is 88.9 Å². The summed E-state index contributed by atoms with van der Waals surface area (Å²) in [6.07, 6.45) is 2.94. The van der Waals surface area contributed by atoms with E-state index in [4.69, 9.17) is 0 Å². The molecule has 1 aromatic carbocycles. The Morgan fingerprint density at radius 1 is 1.21 bits per heavy atom. The quantitative estimate of drug-likeness (QED) is 0.554. The summed E-state index contributed by atoms with van der Waals surface area (Å²) >= 11 is 3.03. The van der Waals surface area contributed by atoms with Crippen LogP contribution in [0.3, 0.4) is 0 Å². The third-order valence-electron chi connectivity index (χ3n) is 4.48. The van der Waals surface area contributed by atoms with Crippen molar-refractivity contribution in [1.29, 1.82) is 0 Å². The molecule has 0 spiro atoms. The molecule has 9 heteroatoms. The number of amides is 3. The average Bonchev–Trinajstić information content (AvgIpc) is 3.26. The molecule has 3 amide bonds. The van der Waals surface area contributed by atoms with Crippen molar-refractivity contribution in [2.45, 2.75) is 42.6 Å². The molecular weight excluding hydrogens is 406 g/mol. The minimum absolute atomic E-state index is 0.367. The zero-order chi connectivity index (χ0) is 20.2. The maximum atomic E-state index is 12.5. The van der Waals surface area contributed by atoms with E-state index in [1.165, 1.54) is 16.6 Å². The minimum Gasteiger partial charge on any atom is -0.308 e. The predicted molar refractivity (Wildman–Crippen MR) is 114 cm³/mol. The van der Waals surface area contributed by atoms with Crippen LogP contribution in [0.25, 0.3) is 0 Å². The smallest absolute Gasteiger partial charge is 0.308 e. The van der Waals surface area contributed by atoms with Crippen LogP contribution in [0.5, 0.6) is 0 Å². The molecule has 2 heterocycles. The minimum atomic E-state index is -0.546. The molecule has 2 N–H and O–H groups in total. The van der Waals surface area contributed by atoms with Gasteiger partial charge in [-0.2, -0.15) is 0 Å². The van der Waals surface area contributed by atoms with Crippen molar-refractivity contribution in [3.05, 3.63) is 58.5 Å². The van der Waals surface area contributed by atoms with Crippen LogP contribution in [-0.2, 0) is 11.2 Å². The summed E-state index contributed by atoms with van der Waals surface area (Å²) in [6, 6.07) is 13.0. The molecule has 1 saturated carbocycles. The summed E-state index contributed by atoms with van der Waals surface area (Å²) in [7, 11) is 0. The Kier molecular flexibility index (Phi) is 5.96. The van der Waals surface area contributed by atoms with E-state index in [-0.39, 0.29) is 5.91 Å². The number of benzene rings is 1. The van der Waals surface area contributed by atoms with Crippen molar-refractivity contribution in [3.8, 4) is 0 Å². The van der Waals surface area contributed by atoms with Crippen LogP contribution in [-0.4, -0.2) is 32.0 Å². The molecule has 29 heavy (non-hydrogen) atoms. The van der Waals surface area contributed by atoms with Crippen molar-refractivity contribution in [3.63, 3.8) is 0 Å². The largest absolute Gasteiger partial charge is 0.325 e. The number of nitrogens with one attached hydrogen (secondary N) is 2. The predicted octanol–water partition coefficient (Wildman–Crippen LogP) is 4.09. The molecule has 150 valence electrons. The third kappa shape index (κ3) is 5.04. The van der Waals surface area contributed by atoms with E-state index in [0.717, 1.165) is 30.2 Å². The Hall–Kier alpha value is -2.65. The van der Waals surface area contributed by atoms with Crippen molar-refractivity contribution >= 4 is 40.7 Å². The Morgan fingerprint density at radius 3 is 2.69 bits per heavy atom. The lowest BCUT2D eigenvalue weighted by Crippen LogP contribution is -2.39. The summed E-state index contributed by atoms with van der Waals surface area (Å²) in [5, 5.41) is 16.0. The van der Waals surface area contributed by atoms with E-state index in [1.54, 1.807) is 30.4 Å². The number of aromatic nitrogens is 3. The number of nitrogens with zero attached hydrogens (tertiary/aromatic N) is 3. The fourth-order valence-electron chi connectivity index (χ4n) is 2.89. The van der Waals surface area contributed by atoms with E-state index < -0.39 is 11.3 Å². The number of carbonyl (C=O) groups excluding carboxylic acids is 2. The average molecular weight is 428 g/mol. The van der Waals surface area contributed by atoms with Gasteiger partial charge in [-0.25, -0.2) is 4.79 Å². The van der Waals surface area contributed by atoms with Crippen LogP contribution in [0, 0.1) is 0 Å². The van der Waals surface area contributed by atoms with E-state index in [1.807, 2.05) is 24.3 Å². The lowest BCUT2D eigenvalue weighted by Gasteiger charge is -2.13.